The minimum absolute atomic E-state index is 0.116. The molecule has 118 valence electrons. The van der Waals surface area contributed by atoms with Gasteiger partial charge in [-0.25, -0.2) is 4.99 Å². The Morgan fingerprint density at radius 2 is 2.22 bits per heavy atom. The molecular weight excluding hydrogens is 330 g/mol. The molecule has 1 aromatic heterocycles. The lowest BCUT2D eigenvalue weighted by molar-refractivity contribution is 0.0843. The minimum atomic E-state index is -0.116. The van der Waals surface area contributed by atoms with E-state index in [9.17, 15) is 4.79 Å². The van der Waals surface area contributed by atoms with E-state index in [1.807, 2.05) is 31.2 Å². The van der Waals surface area contributed by atoms with E-state index in [1.165, 1.54) is 0 Å². The molecule has 1 fully saturated rings. The zero-order valence-electron chi connectivity index (χ0n) is 12.7. The first-order valence-corrected chi connectivity index (χ1v) is 8.72. The molecule has 0 radical (unpaired) electrons. The highest BCUT2D eigenvalue weighted by Gasteiger charge is 2.25. The van der Waals surface area contributed by atoms with Crippen molar-refractivity contribution in [3.8, 4) is 0 Å². The van der Waals surface area contributed by atoms with Gasteiger partial charge in [-0.1, -0.05) is 35.5 Å². The largest absolute Gasteiger partial charge is 0.286 e. The zero-order chi connectivity index (χ0) is 16.2. The maximum Gasteiger partial charge on any atom is 0.278 e. The van der Waals surface area contributed by atoms with Gasteiger partial charge in [-0.15, -0.1) is 0 Å². The third kappa shape index (κ3) is 3.74. The summed E-state index contributed by atoms with van der Waals surface area (Å²) >= 11 is 7.74. The Hall–Kier alpha value is -1.85. The van der Waals surface area contributed by atoms with E-state index in [2.05, 4.69) is 9.98 Å². The molecular formula is C17H16ClN3OS. The summed E-state index contributed by atoms with van der Waals surface area (Å²) in [5, 5.41) is 1.38. The number of hydrogen-bond donors (Lipinski definition) is 0. The van der Waals surface area contributed by atoms with Crippen LogP contribution in [0.25, 0.3) is 0 Å². The average molecular weight is 346 g/mol. The number of amidine groups is 1. The number of carbonyl (C=O) groups is 1. The number of halogens is 1. The molecule has 1 aromatic carbocycles. The maximum absolute atomic E-state index is 12.7. The van der Waals surface area contributed by atoms with Gasteiger partial charge in [0.1, 0.15) is 5.69 Å². The van der Waals surface area contributed by atoms with Crippen LogP contribution in [0.5, 0.6) is 0 Å². The van der Waals surface area contributed by atoms with Crippen LogP contribution < -0.4 is 0 Å². The first-order chi connectivity index (χ1) is 11.1. The number of thioether (sulfide) groups is 1. The average Bonchev–Trinajstić information content (AvgIpc) is 2.59. The highest BCUT2D eigenvalue weighted by atomic mass is 35.5. The van der Waals surface area contributed by atoms with Gasteiger partial charge in [0.25, 0.3) is 5.91 Å². The topological polar surface area (TPSA) is 45.6 Å². The number of rotatable bonds is 2. The molecule has 4 nitrogen and oxygen atoms in total. The lowest BCUT2D eigenvalue weighted by Crippen LogP contribution is -2.39. The number of aliphatic imine (C=N–C) groups is 1. The smallest absolute Gasteiger partial charge is 0.278 e. The van der Waals surface area contributed by atoms with Crippen molar-refractivity contribution in [2.24, 2.45) is 4.99 Å². The fraction of sp³-hybridized carbons (Fsp3) is 0.235. The Bertz CT molecular complexity index is 749. The Kier molecular flexibility index (Phi) is 4.98. The number of aryl methyl sites for hydroxylation is 1. The minimum Gasteiger partial charge on any atom is -0.286 e. The van der Waals surface area contributed by atoms with Crippen molar-refractivity contribution in [1.29, 1.82) is 0 Å². The molecule has 0 N–H and O–H groups in total. The number of pyridine rings is 1. The van der Waals surface area contributed by atoms with E-state index in [0.29, 0.717) is 22.4 Å². The molecule has 1 saturated heterocycles. The molecule has 0 aliphatic carbocycles. The van der Waals surface area contributed by atoms with Crippen molar-refractivity contribution in [2.45, 2.75) is 13.3 Å². The highest BCUT2D eigenvalue weighted by molar-refractivity contribution is 8.13. The van der Waals surface area contributed by atoms with Crippen LogP contribution in [0, 0.1) is 6.92 Å². The molecule has 1 amide bonds. The molecule has 0 spiro atoms. The molecule has 0 unspecified atom stereocenters. The van der Waals surface area contributed by atoms with Gasteiger partial charge in [0, 0.05) is 23.5 Å². The summed E-state index contributed by atoms with van der Waals surface area (Å²) in [6.45, 7) is 2.60. The van der Waals surface area contributed by atoms with Crippen molar-refractivity contribution in [1.82, 2.24) is 9.88 Å². The molecule has 0 bridgehead atoms. The van der Waals surface area contributed by atoms with Gasteiger partial charge in [-0.2, -0.15) is 0 Å². The Labute approximate surface area is 144 Å². The summed E-state index contributed by atoms with van der Waals surface area (Å²) in [7, 11) is 0. The quantitative estimate of drug-likeness (QED) is 0.814. The third-order valence-electron chi connectivity index (χ3n) is 3.50. The Balaban J connectivity index is 1.90. The normalized spacial score (nSPS) is 16.6. The van der Waals surface area contributed by atoms with Gasteiger partial charge in [-0.05, 0) is 43.2 Å². The van der Waals surface area contributed by atoms with Crippen LogP contribution in [0.15, 0.2) is 47.6 Å². The van der Waals surface area contributed by atoms with Gasteiger partial charge < -0.3 is 0 Å². The number of carbonyl (C=O) groups excluding carboxylic acids is 1. The van der Waals surface area contributed by atoms with Gasteiger partial charge in [0.05, 0.1) is 5.69 Å². The Morgan fingerprint density at radius 1 is 1.35 bits per heavy atom. The summed E-state index contributed by atoms with van der Waals surface area (Å²) in [5.41, 5.74) is 2.20. The van der Waals surface area contributed by atoms with Crippen LogP contribution in [0.2, 0.25) is 5.02 Å². The lowest BCUT2D eigenvalue weighted by atomic mass is 10.2. The first kappa shape index (κ1) is 16.0. The summed E-state index contributed by atoms with van der Waals surface area (Å²) in [6, 6.07) is 11.0. The fourth-order valence-electron chi connectivity index (χ4n) is 2.23. The molecule has 1 aliphatic rings. The Morgan fingerprint density at radius 3 is 2.96 bits per heavy atom. The molecule has 3 rings (SSSR count). The van der Waals surface area contributed by atoms with Crippen molar-refractivity contribution in [2.75, 3.05) is 12.3 Å². The van der Waals surface area contributed by atoms with E-state index in [0.717, 1.165) is 23.4 Å². The van der Waals surface area contributed by atoms with Crippen LogP contribution >= 0.6 is 23.4 Å². The molecule has 0 saturated carbocycles. The van der Waals surface area contributed by atoms with Gasteiger partial charge in [-0.3, -0.25) is 14.7 Å². The van der Waals surface area contributed by atoms with Crippen molar-refractivity contribution in [3.05, 3.63) is 58.9 Å². The number of aromatic nitrogens is 1. The summed E-state index contributed by atoms with van der Waals surface area (Å²) in [4.78, 5) is 23.1. The van der Waals surface area contributed by atoms with Crippen LogP contribution in [0.3, 0.4) is 0 Å². The molecule has 2 aromatic rings. The van der Waals surface area contributed by atoms with E-state index in [4.69, 9.17) is 11.6 Å². The van der Waals surface area contributed by atoms with E-state index >= 15 is 0 Å². The van der Waals surface area contributed by atoms with Crippen LogP contribution in [0.4, 0.5) is 5.69 Å². The van der Waals surface area contributed by atoms with E-state index in [-0.39, 0.29) is 5.91 Å². The van der Waals surface area contributed by atoms with Gasteiger partial charge in [0.2, 0.25) is 0 Å². The van der Waals surface area contributed by atoms with Crippen LogP contribution in [-0.4, -0.2) is 33.3 Å². The first-order valence-electron chi connectivity index (χ1n) is 7.36. The number of hydrogen-bond acceptors (Lipinski definition) is 4. The standard InChI is InChI=1S/C17H16ClN3OS/c1-12-6-7-13(11-14(12)18)20-17-21(9-4-10-23-17)16(22)15-5-2-3-8-19-15/h2-3,5-8,11H,4,9-10H2,1H3. The summed E-state index contributed by atoms with van der Waals surface area (Å²) < 4.78 is 0. The number of benzene rings is 1. The third-order valence-corrected chi connectivity index (χ3v) is 4.97. The van der Waals surface area contributed by atoms with Crippen molar-refractivity contribution in [3.63, 3.8) is 0 Å². The van der Waals surface area contributed by atoms with E-state index in [1.54, 1.807) is 35.0 Å². The SMILES string of the molecule is Cc1ccc(N=C2SCCCN2C(=O)c2ccccn2)cc1Cl. The second-order valence-corrected chi connectivity index (χ2v) is 6.67. The second-order valence-electron chi connectivity index (χ2n) is 5.20. The number of nitrogens with zero attached hydrogens (tertiary/aromatic N) is 3. The van der Waals surface area contributed by atoms with Crippen LogP contribution in [-0.2, 0) is 0 Å². The van der Waals surface area contributed by atoms with Crippen molar-refractivity contribution >= 4 is 40.1 Å². The van der Waals surface area contributed by atoms with Crippen LogP contribution in [0.1, 0.15) is 22.5 Å². The van der Waals surface area contributed by atoms with Gasteiger partial charge in [0.15, 0.2) is 5.17 Å². The van der Waals surface area contributed by atoms with Gasteiger partial charge >= 0.3 is 0 Å². The maximum atomic E-state index is 12.7. The molecule has 6 heteroatoms. The summed E-state index contributed by atoms with van der Waals surface area (Å²) in [6.07, 6.45) is 2.57. The zero-order valence-corrected chi connectivity index (χ0v) is 14.3. The fourth-order valence-corrected chi connectivity index (χ4v) is 3.36. The molecule has 1 aliphatic heterocycles. The summed E-state index contributed by atoms with van der Waals surface area (Å²) in [5.74, 6) is 0.833. The predicted molar refractivity (Wildman–Crippen MR) is 95.6 cm³/mol. The molecule has 2 heterocycles. The highest BCUT2D eigenvalue weighted by Crippen LogP contribution is 2.26. The monoisotopic (exact) mass is 345 g/mol. The lowest BCUT2D eigenvalue weighted by Gasteiger charge is -2.27. The molecule has 0 atom stereocenters. The number of amides is 1. The van der Waals surface area contributed by atoms with Crippen molar-refractivity contribution < 1.29 is 4.79 Å². The predicted octanol–water partition coefficient (Wildman–Crippen LogP) is 4.31. The second kappa shape index (κ2) is 7.15. The molecule has 23 heavy (non-hydrogen) atoms. The van der Waals surface area contributed by atoms with E-state index < -0.39 is 0 Å².